The average Bonchev–Trinajstić information content (AvgIpc) is 2.38. The molecule has 1 unspecified atom stereocenters. The Morgan fingerprint density at radius 2 is 2.05 bits per heavy atom. The lowest BCUT2D eigenvalue weighted by molar-refractivity contribution is -0.156. The Labute approximate surface area is 126 Å². The molecule has 0 spiro atoms. The Balaban J connectivity index is 2.71. The Morgan fingerprint density at radius 3 is 2.52 bits per heavy atom. The number of alkyl halides is 3. The van der Waals surface area contributed by atoms with Crippen molar-refractivity contribution >= 4 is 0 Å². The van der Waals surface area contributed by atoms with Gasteiger partial charge in [0.25, 0.3) is 0 Å². The van der Waals surface area contributed by atoms with Crippen molar-refractivity contribution in [1.82, 2.24) is 10.2 Å². The second-order valence-electron chi connectivity index (χ2n) is 6.45. The molecule has 0 bridgehead atoms. The van der Waals surface area contributed by atoms with Crippen LogP contribution in [0.2, 0.25) is 0 Å². The lowest BCUT2D eigenvalue weighted by atomic mass is 9.81. The van der Waals surface area contributed by atoms with E-state index in [-0.39, 0.29) is 11.5 Å². The summed E-state index contributed by atoms with van der Waals surface area (Å²) in [6.45, 7) is 8.19. The highest BCUT2D eigenvalue weighted by atomic mass is 19.4. The number of ether oxygens (including phenoxy) is 1. The van der Waals surface area contributed by atoms with Gasteiger partial charge in [0.15, 0.2) is 0 Å². The van der Waals surface area contributed by atoms with Gasteiger partial charge in [-0.1, -0.05) is 6.92 Å². The first-order valence-electron chi connectivity index (χ1n) is 7.87. The van der Waals surface area contributed by atoms with E-state index in [1.54, 1.807) is 0 Å². The van der Waals surface area contributed by atoms with Gasteiger partial charge in [-0.05, 0) is 39.7 Å². The maximum atomic E-state index is 12.8. The first kappa shape index (κ1) is 18.7. The molecule has 0 aromatic carbocycles. The summed E-state index contributed by atoms with van der Waals surface area (Å²) in [7, 11) is 0. The van der Waals surface area contributed by atoms with E-state index in [1.165, 1.54) is 4.90 Å². The van der Waals surface area contributed by atoms with E-state index in [2.05, 4.69) is 12.2 Å². The lowest BCUT2D eigenvalue weighted by Gasteiger charge is -2.42. The predicted octanol–water partition coefficient (Wildman–Crippen LogP) is 3.06. The minimum atomic E-state index is -4.15. The third kappa shape index (κ3) is 6.98. The summed E-state index contributed by atoms with van der Waals surface area (Å²) in [6, 6.07) is -0.128. The van der Waals surface area contributed by atoms with Crippen LogP contribution in [0.15, 0.2) is 0 Å². The van der Waals surface area contributed by atoms with Gasteiger partial charge in [0.2, 0.25) is 0 Å². The van der Waals surface area contributed by atoms with Crippen molar-refractivity contribution in [2.24, 2.45) is 5.41 Å². The van der Waals surface area contributed by atoms with Gasteiger partial charge in [0, 0.05) is 31.2 Å². The van der Waals surface area contributed by atoms with Crippen LogP contribution in [-0.4, -0.2) is 56.5 Å². The highest BCUT2D eigenvalue weighted by Gasteiger charge is 2.39. The summed E-state index contributed by atoms with van der Waals surface area (Å²) in [6.07, 6.45) is -1.29. The van der Waals surface area contributed by atoms with Crippen LogP contribution in [0.4, 0.5) is 13.2 Å². The van der Waals surface area contributed by atoms with E-state index in [1.807, 2.05) is 13.8 Å². The molecule has 21 heavy (non-hydrogen) atoms. The van der Waals surface area contributed by atoms with Crippen LogP contribution >= 0.6 is 0 Å². The minimum Gasteiger partial charge on any atom is -0.381 e. The molecular formula is C15H29F3N2O. The highest BCUT2D eigenvalue weighted by molar-refractivity contribution is 4.88. The van der Waals surface area contributed by atoms with Gasteiger partial charge in [0.05, 0.1) is 13.2 Å². The normalized spacial score (nSPS) is 24.0. The molecular weight excluding hydrogens is 281 g/mol. The molecule has 1 aliphatic rings. The van der Waals surface area contributed by atoms with Crippen molar-refractivity contribution in [2.45, 2.75) is 52.3 Å². The second-order valence-corrected chi connectivity index (χ2v) is 6.45. The highest BCUT2D eigenvalue weighted by Crippen LogP contribution is 2.31. The molecule has 0 aromatic rings. The zero-order valence-corrected chi connectivity index (χ0v) is 13.4. The van der Waals surface area contributed by atoms with Crippen LogP contribution in [0.1, 0.15) is 40.0 Å². The van der Waals surface area contributed by atoms with Crippen molar-refractivity contribution in [1.29, 1.82) is 0 Å². The van der Waals surface area contributed by atoms with Crippen molar-refractivity contribution in [2.75, 3.05) is 39.4 Å². The first-order valence-corrected chi connectivity index (χ1v) is 7.87. The van der Waals surface area contributed by atoms with Gasteiger partial charge in [0.1, 0.15) is 0 Å². The van der Waals surface area contributed by atoms with Gasteiger partial charge < -0.3 is 10.1 Å². The molecule has 1 heterocycles. The molecule has 3 nitrogen and oxygen atoms in total. The third-order valence-corrected chi connectivity index (χ3v) is 3.98. The zero-order valence-electron chi connectivity index (χ0n) is 13.4. The van der Waals surface area contributed by atoms with Gasteiger partial charge in [-0.2, -0.15) is 13.2 Å². The van der Waals surface area contributed by atoms with Gasteiger partial charge in [-0.15, -0.1) is 0 Å². The molecule has 0 saturated carbocycles. The molecule has 0 amide bonds. The largest absolute Gasteiger partial charge is 0.401 e. The molecule has 1 saturated heterocycles. The monoisotopic (exact) mass is 310 g/mol. The fraction of sp³-hybridized carbons (Fsp3) is 1.00. The number of halogens is 3. The smallest absolute Gasteiger partial charge is 0.381 e. The Kier molecular flexibility index (Phi) is 7.44. The van der Waals surface area contributed by atoms with E-state index in [9.17, 15) is 13.2 Å². The number of hydrogen-bond donors (Lipinski definition) is 1. The van der Waals surface area contributed by atoms with E-state index in [4.69, 9.17) is 4.74 Å². The van der Waals surface area contributed by atoms with Crippen LogP contribution in [0, 0.1) is 5.41 Å². The zero-order chi connectivity index (χ0) is 15.9. The molecule has 0 aromatic heterocycles. The summed E-state index contributed by atoms with van der Waals surface area (Å²) in [5, 5.41) is 3.36. The quantitative estimate of drug-likeness (QED) is 0.697. The minimum absolute atomic E-state index is 0.128. The average molecular weight is 310 g/mol. The predicted molar refractivity (Wildman–Crippen MR) is 78.4 cm³/mol. The van der Waals surface area contributed by atoms with Crippen molar-refractivity contribution < 1.29 is 17.9 Å². The van der Waals surface area contributed by atoms with Gasteiger partial charge >= 0.3 is 6.18 Å². The van der Waals surface area contributed by atoms with Crippen molar-refractivity contribution in [3.05, 3.63) is 0 Å². The third-order valence-electron chi connectivity index (χ3n) is 3.98. The SMILES string of the molecule is CCCNCC1(CN(CC(F)(F)F)C(C)C)CCCOC1. The fourth-order valence-corrected chi connectivity index (χ4v) is 2.84. The van der Waals surface area contributed by atoms with Crippen LogP contribution in [0.5, 0.6) is 0 Å². The summed E-state index contributed by atoms with van der Waals surface area (Å²) in [5.41, 5.74) is -0.205. The van der Waals surface area contributed by atoms with E-state index in [0.717, 1.165) is 39.0 Å². The second kappa shape index (κ2) is 8.34. The van der Waals surface area contributed by atoms with Gasteiger partial charge in [-0.3, -0.25) is 4.90 Å². The first-order chi connectivity index (χ1) is 9.78. The number of rotatable bonds is 8. The van der Waals surface area contributed by atoms with E-state index >= 15 is 0 Å². The number of nitrogens with zero attached hydrogens (tertiary/aromatic N) is 1. The molecule has 0 radical (unpaired) electrons. The summed E-state index contributed by atoms with van der Waals surface area (Å²) < 4.78 is 43.9. The van der Waals surface area contributed by atoms with Crippen LogP contribution in [-0.2, 0) is 4.74 Å². The number of hydrogen-bond acceptors (Lipinski definition) is 3. The Bertz CT molecular complexity index is 289. The van der Waals surface area contributed by atoms with Crippen molar-refractivity contribution in [3.8, 4) is 0 Å². The maximum absolute atomic E-state index is 12.8. The van der Waals surface area contributed by atoms with E-state index < -0.39 is 12.7 Å². The van der Waals surface area contributed by atoms with Crippen LogP contribution in [0.3, 0.4) is 0 Å². The molecule has 1 fully saturated rings. The Hall–Kier alpha value is -0.330. The molecule has 1 N–H and O–H groups in total. The molecule has 1 rings (SSSR count). The Morgan fingerprint density at radius 1 is 1.33 bits per heavy atom. The standard InChI is InChI=1S/C15H29F3N2O/c1-4-7-19-9-14(6-5-8-21-12-14)10-20(13(2)3)11-15(16,17)18/h13,19H,4-12H2,1-3H3. The topological polar surface area (TPSA) is 24.5 Å². The lowest BCUT2D eigenvalue weighted by Crippen LogP contribution is -2.52. The fourth-order valence-electron chi connectivity index (χ4n) is 2.84. The summed E-state index contributed by atoms with van der Waals surface area (Å²) in [4.78, 5) is 1.53. The molecule has 0 aliphatic carbocycles. The maximum Gasteiger partial charge on any atom is 0.401 e. The van der Waals surface area contributed by atoms with Crippen molar-refractivity contribution in [3.63, 3.8) is 0 Å². The molecule has 1 aliphatic heterocycles. The molecule has 126 valence electrons. The van der Waals surface area contributed by atoms with Crippen LogP contribution in [0.25, 0.3) is 0 Å². The summed E-state index contributed by atoms with van der Waals surface area (Å²) in [5.74, 6) is 0. The molecule has 1 atom stereocenters. The molecule has 6 heteroatoms. The van der Waals surface area contributed by atoms with Crippen LogP contribution < -0.4 is 5.32 Å². The van der Waals surface area contributed by atoms with E-state index in [0.29, 0.717) is 13.2 Å². The van der Waals surface area contributed by atoms with Gasteiger partial charge in [-0.25, -0.2) is 0 Å². The summed E-state index contributed by atoms with van der Waals surface area (Å²) >= 11 is 0. The number of nitrogens with one attached hydrogen (secondary N) is 1.